The molecule has 1 rings (SSSR count). The summed E-state index contributed by atoms with van der Waals surface area (Å²) in [6.45, 7) is 8.28. The molecule has 1 saturated carbocycles. The van der Waals surface area contributed by atoms with E-state index in [1.165, 1.54) is 77.2 Å². The summed E-state index contributed by atoms with van der Waals surface area (Å²) in [4.78, 5) is 0. The Bertz CT molecular complexity index is 202. The van der Waals surface area contributed by atoms with Gasteiger partial charge in [0.1, 0.15) is 0 Å². The lowest BCUT2D eigenvalue weighted by atomic mass is 9.83. The molecule has 0 aromatic rings. The molecule has 1 nitrogen and oxygen atoms in total. The molecule has 18 heavy (non-hydrogen) atoms. The number of unbranched alkanes of at least 4 members (excludes halogenated alkanes) is 5. The molecule has 0 spiro atoms. The summed E-state index contributed by atoms with van der Waals surface area (Å²) in [6.07, 6.45) is 15.6. The fourth-order valence-electron chi connectivity index (χ4n) is 3.40. The normalized spacial score (nSPS) is 27.8. The van der Waals surface area contributed by atoms with Crippen molar-refractivity contribution in [2.45, 2.75) is 97.4 Å². The summed E-state index contributed by atoms with van der Waals surface area (Å²) in [5.41, 5.74) is 0.649. The minimum atomic E-state index is 0.649. The molecule has 0 saturated heterocycles. The SMILES string of the molecule is CCCCCCCCC1(C)CCC(NCCC)C1. The molecule has 0 aliphatic heterocycles. The average Bonchev–Trinajstić information content (AvgIpc) is 2.73. The Labute approximate surface area is 115 Å². The van der Waals surface area contributed by atoms with Crippen LogP contribution in [-0.4, -0.2) is 12.6 Å². The first kappa shape index (κ1) is 16.0. The van der Waals surface area contributed by atoms with E-state index in [2.05, 4.69) is 26.1 Å². The third-order valence-corrected chi connectivity index (χ3v) is 4.65. The summed E-state index contributed by atoms with van der Waals surface area (Å²) in [5, 5.41) is 3.70. The van der Waals surface area contributed by atoms with Gasteiger partial charge in [-0.3, -0.25) is 0 Å². The summed E-state index contributed by atoms with van der Waals surface area (Å²) < 4.78 is 0. The van der Waals surface area contributed by atoms with E-state index in [-0.39, 0.29) is 0 Å². The lowest BCUT2D eigenvalue weighted by Crippen LogP contribution is -2.28. The lowest BCUT2D eigenvalue weighted by molar-refractivity contribution is 0.285. The smallest absolute Gasteiger partial charge is 0.00724 e. The lowest BCUT2D eigenvalue weighted by Gasteiger charge is -2.24. The van der Waals surface area contributed by atoms with E-state index >= 15 is 0 Å². The maximum absolute atomic E-state index is 3.70. The quantitative estimate of drug-likeness (QED) is 0.521. The van der Waals surface area contributed by atoms with Crippen LogP contribution in [0.25, 0.3) is 0 Å². The Balaban J connectivity index is 2.06. The van der Waals surface area contributed by atoms with Crippen LogP contribution in [-0.2, 0) is 0 Å². The van der Waals surface area contributed by atoms with E-state index in [9.17, 15) is 0 Å². The maximum atomic E-state index is 3.70. The molecule has 1 aliphatic rings. The van der Waals surface area contributed by atoms with Crippen LogP contribution in [0, 0.1) is 5.41 Å². The number of hydrogen-bond donors (Lipinski definition) is 1. The van der Waals surface area contributed by atoms with E-state index < -0.39 is 0 Å². The molecule has 1 fully saturated rings. The van der Waals surface area contributed by atoms with Gasteiger partial charge in [-0.2, -0.15) is 0 Å². The standard InChI is InChI=1S/C17H35N/c1-4-6-7-8-9-10-12-17(3)13-11-16(15-17)18-14-5-2/h16,18H,4-15H2,1-3H3. The molecule has 2 unspecified atom stereocenters. The zero-order valence-corrected chi connectivity index (χ0v) is 13.1. The summed E-state index contributed by atoms with van der Waals surface area (Å²) in [5.74, 6) is 0. The largest absolute Gasteiger partial charge is 0.314 e. The summed E-state index contributed by atoms with van der Waals surface area (Å²) in [7, 11) is 0. The van der Waals surface area contributed by atoms with Crippen molar-refractivity contribution in [1.29, 1.82) is 0 Å². The number of rotatable bonds is 10. The summed E-state index contributed by atoms with van der Waals surface area (Å²) in [6, 6.07) is 0.815. The Kier molecular flexibility index (Phi) is 7.97. The third-order valence-electron chi connectivity index (χ3n) is 4.65. The van der Waals surface area contributed by atoms with Gasteiger partial charge in [0.2, 0.25) is 0 Å². The van der Waals surface area contributed by atoms with Gasteiger partial charge < -0.3 is 5.32 Å². The second-order valence-corrected chi connectivity index (χ2v) is 6.72. The molecule has 1 heteroatoms. The van der Waals surface area contributed by atoms with Crippen molar-refractivity contribution < 1.29 is 0 Å². The Morgan fingerprint density at radius 2 is 1.72 bits per heavy atom. The van der Waals surface area contributed by atoms with Gasteiger partial charge in [0.25, 0.3) is 0 Å². The van der Waals surface area contributed by atoms with E-state index in [1.807, 2.05) is 0 Å². The first-order valence-corrected chi connectivity index (χ1v) is 8.43. The van der Waals surface area contributed by atoms with Crippen molar-refractivity contribution in [2.75, 3.05) is 6.54 Å². The molecule has 0 amide bonds. The first-order chi connectivity index (χ1) is 8.70. The van der Waals surface area contributed by atoms with Crippen molar-refractivity contribution in [3.05, 3.63) is 0 Å². The van der Waals surface area contributed by atoms with Gasteiger partial charge in [0, 0.05) is 6.04 Å². The van der Waals surface area contributed by atoms with Gasteiger partial charge >= 0.3 is 0 Å². The predicted molar refractivity (Wildman–Crippen MR) is 82.0 cm³/mol. The molecule has 0 aromatic heterocycles. The summed E-state index contributed by atoms with van der Waals surface area (Å²) >= 11 is 0. The predicted octanol–water partition coefficient (Wildman–Crippen LogP) is 5.30. The first-order valence-electron chi connectivity index (χ1n) is 8.43. The van der Waals surface area contributed by atoms with E-state index in [0.717, 1.165) is 6.04 Å². The highest BCUT2D eigenvalue weighted by atomic mass is 14.9. The molecular formula is C17H35N. The van der Waals surface area contributed by atoms with Crippen LogP contribution in [0.1, 0.15) is 91.4 Å². The highest BCUT2D eigenvalue weighted by Gasteiger charge is 2.33. The minimum absolute atomic E-state index is 0.649. The van der Waals surface area contributed by atoms with Gasteiger partial charge in [-0.05, 0) is 44.1 Å². The molecular weight excluding hydrogens is 218 g/mol. The van der Waals surface area contributed by atoms with Crippen LogP contribution in [0.5, 0.6) is 0 Å². The van der Waals surface area contributed by atoms with Crippen LogP contribution in [0.4, 0.5) is 0 Å². The monoisotopic (exact) mass is 253 g/mol. The number of hydrogen-bond acceptors (Lipinski definition) is 1. The van der Waals surface area contributed by atoms with Gasteiger partial charge in [0.05, 0.1) is 0 Å². The topological polar surface area (TPSA) is 12.0 Å². The van der Waals surface area contributed by atoms with Crippen LogP contribution in [0.2, 0.25) is 0 Å². The Morgan fingerprint density at radius 3 is 2.44 bits per heavy atom. The molecule has 0 bridgehead atoms. The molecule has 108 valence electrons. The van der Waals surface area contributed by atoms with Crippen LogP contribution < -0.4 is 5.32 Å². The van der Waals surface area contributed by atoms with Crippen molar-refractivity contribution in [2.24, 2.45) is 5.41 Å². The molecule has 0 heterocycles. The zero-order valence-electron chi connectivity index (χ0n) is 13.1. The van der Waals surface area contributed by atoms with E-state index in [4.69, 9.17) is 0 Å². The second-order valence-electron chi connectivity index (χ2n) is 6.72. The average molecular weight is 253 g/mol. The van der Waals surface area contributed by atoms with Gasteiger partial charge in [0.15, 0.2) is 0 Å². The Morgan fingerprint density at radius 1 is 1.00 bits per heavy atom. The van der Waals surface area contributed by atoms with E-state index in [1.54, 1.807) is 0 Å². The highest BCUT2D eigenvalue weighted by molar-refractivity contribution is 4.89. The van der Waals surface area contributed by atoms with Gasteiger partial charge in [-0.25, -0.2) is 0 Å². The third kappa shape index (κ3) is 6.22. The molecule has 2 atom stereocenters. The second kappa shape index (κ2) is 8.96. The fourth-order valence-corrected chi connectivity index (χ4v) is 3.40. The van der Waals surface area contributed by atoms with Crippen molar-refractivity contribution >= 4 is 0 Å². The van der Waals surface area contributed by atoms with Crippen molar-refractivity contribution in [3.63, 3.8) is 0 Å². The van der Waals surface area contributed by atoms with Gasteiger partial charge in [-0.15, -0.1) is 0 Å². The Hall–Kier alpha value is -0.0400. The van der Waals surface area contributed by atoms with Crippen LogP contribution >= 0.6 is 0 Å². The van der Waals surface area contributed by atoms with Crippen molar-refractivity contribution in [3.8, 4) is 0 Å². The van der Waals surface area contributed by atoms with Gasteiger partial charge in [-0.1, -0.05) is 59.3 Å². The van der Waals surface area contributed by atoms with Crippen LogP contribution in [0.3, 0.4) is 0 Å². The minimum Gasteiger partial charge on any atom is -0.314 e. The molecule has 1 aliphatic carbocycles. The number of nitrogens with one attached hydrogen (secondary N) is 1. The maximum Gasteiger partial charge on any atom is 0.00724 e. The fraction of sp³-hybridized carbons (Fsp3) is 1.00. The van der Waals surface area contributed by atoms with Crippen molar-refractivity contribution in [1.82, 2.24) is 5.32 Å². The molecule has 1 N–H and O–H groups in total. The van der Waals surface area contributed by atoms with Crippen LogP contribution in [0.15, 0.2) is 0 Å². The highest BCUT2D eigenvalue weighted by Crippen LogP contribution is 2.42. The molecule has 0 aromatic carbocycles. The molecule has 0 radical (unpaired) electrons. The van der Waals surface area contributed by atoms with E-state index in [0.29, 0.717) is 5.41 Å². The zero-order chi connectivity index (χ0) is 13.3.